The molecule has 0 aromatic carbocycles. The lowest BCUT2D eigenvalue weighted by molar-refractivity contribution is 0.532. The minimum Gasteiger partial charge on any atom is -0.425 e. The van der Waals surface area contributed by atoms with Crippen molar-refractivity contribution in [3.05, 3.63) is 11.9 Å². The third kappa shape index (κ3) is 2.39. The Morgan fingerprint density at radius 1 is 1.47 bits per heavy atom. The number of ether oxygens (including phenoxy) is 1. The van der Waals surface area contributed by atoms with Crippen LogP contribution in [0.3, 0.4) is 0 Å². The molecule has 0 spiro atoms. The summed E-state index contributed by atoms with van der Waals surface area (Å²) in [5, 5.41) is 17.5. The van der Waals surface area contributed by atoms with E-state index in [0.29, 0.717) is 5.82 Å². The van der Waals surface area contributed by atoms with Crippen LogP contribution < -0.4 is 11.1 Å². The second kappa shape index (κ2) is 4.36. The first-order chi connectivity index (χ1) is 7.06. The van der Waals surface area contributed by atoms with Gasteiger partial charge in [0.2, 0.25) is 5.90 Å². The second-order valence-corrected chi connectivity index (χ2v) is 2.72. The molecule has 0 atom stereocenters. The van der Waals surface area contributed by atoms with Gasteiger partial charge in [0.25, 0.3) is 0 Å². The van der Waals surface area contributed by atoms with Crippen molar-refractivity contribution in [2.45, 2.75) is 6.92 Å². The minimum absolute atomic E-state index is 0.0923. The maximum absolute atomic E-state index is 7.58. The molecule has 0 saturated heterocycles. The van der Waals surface area contributed by atoms with Gasteiger partial charge in [0.15, 0.2) is 5.90 Å². The molecule has 0 aliphatic rings. The average molecular weight is 208 g/mol. The van der Waals surface area contributed by atoms with Crippen LogP contribution in [0.5, 0.6) is 0 Å². The maximum atomic E-state index is 7.58. The molecular formula is C8H12N6O. The van der Waals surface area contributed by atoms with Crippen LogP contribution in [0.15, 0.2) is 6.33 Å². The topological polar surface area (TPSA) is 121 Å². The Hall–Kier alpha value is -2.18. The van der Waals surface area contributed by atoms with Gasteiger partial charge in [-0.2, -0.15) is 0 Å². The maximum Gasteiger partial charge on any atom is 0.228 e. The molecule has 7 heteroatoms. The van der Waals surface area contributed by atoms with Crippen LogP contribution in [-0.2, 0) is 4.74 Å². The van der Waals surface area contributed by atoms with Crippen LogP contribution in [0.2, 0.25) is 0 Å². The predicted octanol–water partition coefficient (Wildman–Crippen LogP) is 0.440. The fourth-order valence-corrected chi connectivity index (χ4v) is 1.02. The quantitative estimate of drug-likeness (QED) is 0.415. The summed E-state index contributed by atoms with van der Waals surface area (Å²) in [6, 6.07) is 0. The van der Waals surface area contributed by atoms with Gasteiger partial charge in [-0.15, -0.1) is 0 Å². The van der Waals surface area contributed by atoms with Gasteiger partial charge in [0.1, 0.15) is 23.5 Å². The summed E-state index contributed by atoms with van der Waals surface area (Å²) < 4.78 is 4.83. The van der Waals surface area contributed by atoms with Gasteiger partial charge in [-0.3, -0.25) is 10.8 Å². The zero-order valence-electron chi connectivity index (χ0n) is 8.46. The van der Waals surface area contributed by atoms with Gasteiger partial charge in [-0.25, -0.2) is 9.97 Å². The Balaban J connectivity index is 3.11. The van der Waals surface area contributed by atoms with E-state index in [9.17, 15) is 0 Å². The number of hydrogen-bond acceptors (Lipinski definition) is 7. The smallest absolute Gasteiger partial charge is 0.228 e. The SMILES string of the molecule is CNc1ncnc(N)c1C(=N)OC(C)=N. The Bertz CT molecular complexity index is 402. The molecular weight excluding hydrogens is 196 g/mol. The molecule has 0 fully saturated rings. The van der Waals surface area contributed by atoms with E-state index >= 15 is 0 Å². The van der Waals surface area contributed by atoms with E-state index in [0.717, 1.165) is 0 Å². The summed E-state index contributed by atoms with van der Waals surface area (Å²) >= 11 is 0. The minimum atomic E-state index is -0.245. The molecule has 0 bridgehead atoms. The summed E-state index contributed by atoms with van der Waals surface area (Å²) in [5.41, 5.74) is 5.85. The number of rotatable bonds is 2. The molecule has 1 heterocycles. The number of aromatic nitrogens is 2. The molecule has 1 aromatic heterocycles. The molecule has 15 heavy (non-hydrogen) atoms. The third-order valence-corrected chi connectivity index (χ3v) is 1.60. The van der Waals surface area contributed by atoms with Crippen molar-refractivity contribution >= 4 is 23.4 Å². The van der Waals surface area contributed by atoms with E-state index in [-0.39, 0.29) is 23.2 Å². The standard InChI is InChI=1S/C8H12N6O/c1-4(9)15-7(11)5-6(10)13-3-14-8(5)12-2/h3,9,11H,1-2H3,(H3,10,12,13,14). The highest BCUT2D eigenvalue weighted by atomic mass is 16.5. The molecule has 1 rings (SSSR count). The molecule has 80 valence electrons. The highest BCUT2D eigenvalue weighted by Gasteiger charge is 2.15. The Morgan fingerprint density at radius 3 is 2.67 bits per heavy atom. The van der Waals surface area contributed by atoms with Crippen LogP contribution in [0.25, 0.3) is 0 Å². The van der Waals surface area contributed by atoms with Crippen LogP contribution in [-0.4, -0.2) is 28.8 Å². The van der Waals surface area contributed by atoms with E-state index < -0.39 is 0 Å². The monoisotopic (exact) mass is 208 g/mol. The van der Waals surface area contributed by atoms with Crippen molar-refractivity contribution in [3.8, 4) is 0 Å². The molecule has 0 radical (unpaired) electrons. The molecule has 0 aliphatic heterocycles. The lowest BCUT2D eigenvalue weighted by Gasteiger charge is -2.10. The van der Waals surface area contributed by atoms with Crippen molar-refractivity contribution in [3.63, 3.8) is 0 Å². The van der Waals surface area contributed by atoms with Gasteiger partial charge < -0.3 is 15.8 Å². The number of nitrogens with one attached hydrogen (secondary N) is 3. The number of nitrogens with two attached hydrogens (primary N) is 1. The molecule has 0 saturated carbocycles. The Morgan fingerprint density at radius 2 is 2.13 bits per heavy atom. The van der Waals surface area contributed by atoms with Crippen molar-refractivity contribution in [1.82, 2.24) is 9.97 Å². The molecule has 0 aliphatic carbocycles. The number of hydrogen-bond donors (Lipinski definition) is 4. The van der Waals surface area contributed by atoms with Crippen LogP contribution in [0.1, 0.15) is 12.5 Å². The van der Waals surface area contributed by atoms with Crippen LogP contribution in [0, 0.1) is 10.8 Å². The summed E-state index contributed by atoms with van der Waals surface area (Å²) in [6.07, 6.45) is 1.29. The van der Waals surface area contributed by atoms with E-state index in [2.05, 4.69) is 15.3 Å². The predicted molar refractivity (Wildman–Crippen MR) is 57.3 cm³/mol. The highest BCUT2D eigenvalue weighted by molar-refractivity contribution is 6.05. The molecule has 0 unspecified atom stereocenters. The van der Waals surface area contributed by atoms with Crippen molar-refractivity contribution in [2.24, 2.45) is 0 Å². The van der Waals surface area contributed by atoms with E-state index in [4.69, 9.17) is 21.3 Å². The fourth-order valence-electron chi connectivity index (χ4n) is 1.02. The Kier molecular flexibility index (Phi) is 3.17. The zero-order valence-corrected chi connectivity index (χ0v) is 8.46. The van der Waals surface area contributed by atoms with Gasteiger partial charge in [0.05, 0.1) is 0 Å². The van der Waals surface area contributed by atoms with Gasteiger partial charge in [0, 0.05) is 14.0 Å². The molecule has 1 aromatic rings. The Labute approximate surface area is 86.7 Å². The zero-order chi connectivity index (χ0) is 11.4. The van der Waals surface area contributed by atoms with Crippen molar-refractivity contribution in [2.75, 3.05) is 18.1 Å². The number of nitrogens with zero attached hydrogens (tertiary/aromatic N) is 2. The lowest BCUT2D eigenvalue weighted by Crippen LogP contribution is -2.15. The summed E-state index contributed by atoms with van der Waals surface area (Å²) in [4.78, 5) is 7.64. The first kappa shape index (κ1) is 10.9. The van der Waals surface area contributed by atoms with Crippen LogP contribution >= 0.6 is 0 Å². The first-order valence-corrected chi connectivity index (χ1v) is 4.16. The average Bonchev–Trinajstić information content (AvgIpc) is 2.15. The lowest BCUT2D eigenvalue weighted by atomic mass is 10.2. The molecule has 7 nitrogen and oxygen atoms in total. The summed E-state index contributed by atoms with van der Waals surface area (Å²) in [6.45, 7) is 1.42. The highest BCUT2D eigenvalue weighted by Crippen LogP contribution is 2.17. The van der Waals surface area contributed by atoms with E-state index in [1.54, 1.807) is 7.05 Å². The van der Waals surface area contributed by atoms with Gasteiger partial charge >= 0.3 is 0 Å². The van der Waals surface area contributed by atoms with E-state index in [1.165, 1.54) is 13.3 Å². The summed E-state index contributed by atoms with van der Waals surface area (Å²) in [7, 11) is 1.65. The fraction of sp³-hybridized carbons (Fsp3) is 0.250. The summed E-state index contributed by atoms with van der Waals surface area (Å²) in [5.74, 6) is 0.199. The molecule has 0 amide bonds. The number of anilines is 2. The van der Waals surface area contributed by atoms with Crippen LogP contribution in [0.4, 0.5) is 11.6 Å². The second-order valence-electron chi connectivity index (χ2n) is 2.72. The van der Waals surface area contributed by atoms with Gasteiger partial charge in [-0.05, 0) is 0 Å². The number of nitrogen functional groups attached to an aromatic ring is 1. The van der Waals surface area contributed by atoms with Crippen molar-refractivity contribution in [1.29, 1.82) is 10.8 Å². The van der Waals surface area contributed by atoms with E-state index in [1.807, 2.05) is 0 Å². The first-order valence-electron chi connectivity index (χ1n) is 4.16. The third-order valence-electron chi connectivity index (χ3n) is 1.60. The molecule has 5 N–H and O–H groups in total. The largest absolute Gasteiger partial charge is 0.425 e. The van der Waals surface area contributed by atoms with Crippen molar-refractivity contribution < 1.29 is 4.74 Å². The van der Waals surface area contributed by atoms with Gasteiger partial charge in [-0.1, -0.05) is 0 Å². The normalized spacial score (nSPS) is 9.47.